The topological polar surface area (TPSA) is 15.3 Å². The predicted octanol–water partition coefficient (Wildman–Crippen LogP) is 2.39. The first kappa shape index (κ1) is 11.4. The zero-order valence-corrected chi connectivity index (χ0v) is 10.2. The van der Waals surface area contributed by atoms with Gasteiger partial charge in [-0.15, -0.1) is 0 Å². The van der Waals surface area contributed by atoms with Gasteiger partial charge < -0.3 is 5.32 Å². The Morgan fingerprint density at radius 2 is 1.73 bits per heavy atom. The van der Waals surface area contributed by atoms with Gasteiger partial charge in [-0.3, -0.25) is 4.90 Å². The molecule has 1 aliphatic carbocycles. The van der Waals surface area contributed by atoms with Crippen molar-refractivity contribution in [3.63, 3.8) is 0 Å². The molecule has 2 rings (SSSR count). The molecule has 1 atom stereocenters. The van der Waals surface area contributed by atoms with Crippen molar-refractivity contribution in [2.24, 2.45) is 0 Å². The van der Waals surface area contributed by atoms with Crippen LogP contribution in [0.2, 0.25) is 0 Å². The molecule has 88 valence electrons. The highest BCUT2D eigenvalue weighted by atomic mass is 15.2. The minimum Gasteiger partial charge on any atom is -0.315 e. The third kappa shape index (κ3) is 2.94. The van der Waals surface area contributed by atoms with Gasteiger partial charge in [-0.25, -0.2) is 0 Å². The Hall–Kier alpha value is -0.0800. The molecule has 1 aliphatic heterocycles. The highest BCUT2D eigenvalue weighted by molar-refractivity contribution is 4.84. The first-order valence-corrected chi connectivity index (χ1v) is 6.88. The molecule has 2 heteroatoms. The number of nitrogens with one attached hydrogen (secondary N) is 1. The molecule has 2 fully saturated rings. The molecule has 1 heterocycles. The van der Waals surface area contributed by atoms with Gasteiger partial charge in [0.25, 0.3) is 0 Å². The van der Waals surface area contributed by atoms with E-state index in [4.69, 9.17) is 0 Å². The van der Waals surface area contributed by atoms with Gasteiger partial charge in [0, 0.05) is 18.6 Å². The van der Waals surface area contributed by atoms with Crippen LogP contribution in [0.4, 0.5) is 0 Å². The molecule has 2 aliphatic rings. The normalized spacial score (nSPS) is 29.6. The van der Waals surface area contributed by atoms with E-state index < -0.39 is 0 Å². The fourth-order valence-electron chi connectivity index (χ4n) is 3.34. The van der Waals surface area contributed by atoms with Crippen LogP contribution in [-0.4, -0.2) is 36.6 Å². The van der Waals surface area contributed by atoms with Gasteiger partial charge in [0.05, 0.1) is 0 Å². The lowest BCUT2D eigenvalue weighted by molar-refractivity contribution is 0.0939. The standard InChI is InChI=1S/C13H26N2/c1-2-15(12-7-4-3-5-8-12)13-9-6-10-14-11-13/h12-14H,2-11H2,1H3. The first-order valence-electron chi connectivity index (χ1n) is 6.88. The van der Waals surface area contributed by atoms with Gasteiger partial charge in [0.15, 0.2) is 0 Å². The minimum absolute atomic E-state index is 0.826. The van der Waals surface area contributed by atoms with Crippen LogP contribution in [0.3, 0.4) is 0 Å². The lowest BCUT2D eigenvalue weighted by Gasteiger charge is -2.41. The fourth-order valence-corrected chi connectivity index (χ4v) is 3.34. The van der Waals surface area contributed by atoms with Gasteiger partial charge in [0.1, 0.15) is 0 Å². The average Bonchev–Trinajstić information content (AvgIpc) is 2.33. The van der Waals surface area contributed by atoms with Crippen molar-refractivity contribution < 1.29 is 0 Å². The van der Waals surface area contributed by atoms with Gasteiger partial charge in [-0.1, -0.05) is 26.2 Å². The van der Waals surface area contributed by atoms with Crippen LogP contribution < -0.4 is 5.32 Å². The van der Waals surface area contributed by atoms with Crippen molar-refractivity contribution in [3.05, 3.63) is 0 Å². The number of rotatable bonds is 3. The summed E-state index contributed by atoms with van der Waals surface area (Å²) in [6.45, 7) is 6.04. The van der Waals surface area contributed by atoms with Gasteiger partial charge >= 0.3 is 0 Å². The van der Waals surface area contributed by atoms with Crippen LogP contribution >= 0.6 is 0 Å². The number of piperidine rings is 1. The molecular weight excluding hydrogens is 184 g/mol. The maximum absolute atomic E-state index is 3.55. The lowest BCUT2D eigenvalue weighted by Crippen LogP contribution is -2.50. The summed E-state index contributed by atoms with van der Waals surface area (Å²) in [5.41, 5.74) is 0. The van der Waals surface area contributed by atoms with Crippen LogP contribution in [0.15, 0.2) is 0 Å². The minimum atomic E-state index is 0.826. The molecular formula is C13H26N2. The van der Waals surface area contributed by atoms with E-state index in [1.54, 1.807) is 0 Å². The smallest absolute Gasteiger partial charge is 0.0223 e. The number of likely N-dealkylation sites (N-methyl/N-ethyl adjacent to an activating group) is 1. The second kappa shape index (κ2) is 5.86. The Morgan fingerprint density at radius 1 is 1.00 bits per heavy atom. The molecule has 0 aromatic heterocycles. The summed E-state index contributed by atoms with van der Waals surface area (Å²) in [5.74, 6) is 0. The Bertz CT molecular complexity index is 151. The summed E-state index contributed by atoms with van der Waals surface area (Å²) >= 11 is 0. The maximum atomic E-state index is 3.55. The molecule has 0 amide bonds. The quantitative estimate of drug-likeness (QED) is 0.769. The molecule has 1 saturated heterocycles. The second-order valence-corrected chi connectivity index (χ2v) is 5.12. The van der Waals surface area contributed by atoms with Gasteiger partial charge in [-0.05, 0) is 38.8 Å². The third-order valence-electron chi connectivity index (χ3n) is 4.15. The van der Waals surface area contributed by atoms with E-state index in [1.165, 1.54) is 64.6 Å². The second-order valence-electron chi connectivity index (χ2n) is 5.12. The van der Waals surface area contributed by atoms with Crippen LogP contribution in [0.25, 0.3) is 0 Å². The molecule has 0 bridgehead atoms. The van der Waals surface area contributed by atoms with Crippen LogP contribution in [0.1, 0.15) is 51.9 Å². The predicted molar refractivity (Wildman–Crippen MR) is 65.1 cm³/mol. The summed E-state index contributed by atoms with van der Waals surface area (Å²) < 4.78 is 0. The monoisotopic (exact) mass is 210 g/mol. The van der Waals surface area contributed by atoms with Crippen molar-refractivity contribution >= 4 is 0 Å². The summed E-state index contributed by atoms with van der Waals surface area (Å²) in [5, 5.41) is 3.55. The van der Waals surface area contributed by atoms with Crippen LogP contribution in [0.5, 0.6) is 0 Å². The van der Waals surface area contributed by atoms with Crippen molar-refractivity contribution in [1.29, 1.82) is 0 Å². The van der Waals surface area contributed by atoms with E-state index in [0.717, 1.165) is 12.1 Å². The zero-order chi connectivity index (χ0) is 10.5. The van der Waals surface area contributed by atoms with E-state index in [2.05, 4.69) is 17.1 Å². The molecule has 15 heavy (non-hydrogen) atoms. The molecule has 1 unspecified atom stereocenters. The summed E-state index contributed by atoms with van der Waals surface area (Å²) in [7, 11) is 0. The number of nitrogens with zero attached hydrogens (tertiary/aromatic N) is 1. The van der Waals surface area contributed by atoms with E-state index in [-0.39, 0.29) is 0 Å². The highest BCUT2D eigenvalue weighted by Gasteiger charge is 2.27. The lowest BCUT2D eigenvalue weighted by atomic mass is 9.92. The Balaban J connectivity index is 1.88. The Morgan fingerprint density at radius 3 is 2.33 bits per heavy atom. The van der Waals surface area contributed by atoms with Gasteiger partial charge in [-0.2, -0.15) is 0 Å². The third-order valence-corrected chi connectivity index (χ3v) is 4.15. The van der Waals surface area contributed by atoms with E-state index in [9.17, 15) is 0 Å². The highest BCUT2D eigenvalue weighted by Crippen LogP contribution is 2.25. The largest absolute Gasteiger partial charge is 0.315 e. The fraction of sp³-hybridized carbons (Fsp3) is 1.00. The Labute approximate surface area is 94.4 Å². The molecule has 1 N–H and O–H groups in total. The molecule has 0 aromatic carbocycles. The molecule has 2 nitrogen and oxygen atoms in total. The number of hydrogen-bond donors (Lipinski definition) is 1. The first-order chi connectivity index (χ1) is 7.42. The van der Waals surface area contributed by atoms with Crippen LogP contribution in [-0.2, 0) is 0 Å². The maximum Gasteiger partial charge on any atom is 0.0223 e. The number of hydrogen-bond acceptors (Lipinski definition) is 2. The molecule has 0 spiro atoms. The van der Waals surface area contributed by atoms with Gasteiger partial charge in [0.2, 0.25) is 0 Å². The SMILES string of the molecule is CCN(C1CCCCC1)C1CCCNC1. The molecule has 0 radical (unpaired) electrons. The Kier molecular flexibility index (Phi) is 4.45. The average molecular weight is 210 g/mol. The zero-order valence-electron chi connectivity index (χ0n) is 10.2. The molecule has 0 aromatic rings. The summed E-state index contributed by atoms with van der Waals surface area (Å²) in [6.07, 6.45) is 10.1. The van der Waals surface area contributed by atoms with Crippen molar-refractivity contribution in [2.45, 2.75) is 64.0 Å². The van der Waals surface area contributed by atoms with Crippen molar-refractivity contribution in [1.82, 2.24) is 10.2 Å². The van der Waals surface area contributed by atoms with Crippen molar-refractivity contribution in [3.8, 4) is 0 Å². The van der Waals surface area contributed by atoms with E-state index >= 15 is 0 Å². The summed E-state index contributed by atoms with van der Waals surface area (Å²) in [6, 6.07) is 1.72. The summed E-state index contributed by atoms with van der Waals surface area (Å²) in [4.78, 5) is 2.78. The van der Waals surface area contributed by atoms with Crippen LogP contribution in [0, 0.1) is 0 Å². The molecule has 1 saturated carbocycles. The van der Waals surface area contributed by atoms with E-state index in [0.29, 0.717) is 0 Å². The van der Waals surface area contributed by atoms with E-state index in [1.807, 2.05) is 0 Å². The van der Waals surface area contributed by atoms with Crippen molar-refractivity contribution in [2.75, 3.05) is 19.6 Å².